The van der Waals surface area contributed by atoms with Crippen molar-refractivity contribution in [2.24, 2.45) is 4.99 Å². The number of pyridine rings is 2. The van der Waals surface area contributed by atoms with E-state index in [1.54, 1.807) is 37.6 Å². The Kier molecular flexibility index (Phi) is 4.71. The number of carbonyl (C=O) groups excluding carboxylic acids is 1. The fraction of sp³-hybridized carbons (Fsp3) is 0.0952. The Morgan fingerprint density at radius 3 is 2.83 bits per heavy atom. The summed E-state index contributed by atoms with van der Waals surface area (Å²) in [5, 5.41) is 11.6. The van der Waals surface area contributed by atoms with Crippen LogP contribution in [0.2, 0.25) is 0 Å². The fourth-order valence-electron chi connectivity index (χ4n) is 3.07. The number of hydrogen-bond donors (Lipinski definition) is 1. The number of halogens is 1. The van der Waals surface area contributed by atoms with Gasteiger partial charge in [-0.25, -0.2) is 14.4 Å². The lowest BCUT2D eigenvalue weighted by Crippen LogP contribution is -2.15. The highest BCUT2D eigenvalue weighted by Crippen LogP contribution is 2.27. The van der Waals surface area contributed by atoms with Crippen molar-refractivity contribution in [1.29, 1.82) is 5.26 Å². The summed E-state index contributed by atoms with van der Waals surface area (Å²) in [4.78, 5) is 24.8. The van der Waals surface area contributed by atoms with E-state index in [1.807, 2.05) is 12.1 Å². The number of nitrogens with one attached hydrogen (secondary N) is 1. The number of methoxy groups -OCH3 is 1. The molecule has 0 bridgehead atoms. The molecule has 0 saturated heterocycles. The molecule has 0 spiro atoms. The van der Waals surface area contributed by atoms with Crippen LogP contribution in [0.1, 0.15) is 32.7 Å². The van der Waals surface area contributed by atoms with Crippen molar-refractivity contribution in [2.45, 2.75) is 6.54 Å². The quantitative estimate of drug-likeness (QED) is 0.741. The number of ether oxygens (including phenoxy) is 1. The van der Waals surface area contributed by atoms with Crippen molar-refractivity contribution in [3.8, 4) is 11.9 Å². The van der Waals surface area contributed by atoms with Crippen molar-refractivity contribution < 1.29 is 13.9 Å². The van der Waals surface area contributed by atoms with E-state index in [4.69, 9.17) is 10.00 Å². The summed E-state index contributed by atoms with van der Waals surface area (Å²) in [6, 6.07) is 11.9. The maximum atomic E-state index is 14.2. The van der Waals surface area contributed by atoms with Gasteiger partial charge in [-0.05, 0) is 29.8 Å². The third-order valence-corrected chi connectivity index (χ3v) is 4.49. The topological polar surface area (TPSA) is 100 Å². The van der Waals surface area contributed by atoms with E-state index in [0.29, 0.717) is 18.1 Å². The van der Waals surface area contributed by atoms with Gasteiger partial charge in [0.2, 0.25) is 5.88 Å². The number of anilines is 1. The van der Waals surface area contributed by atoms with Gasteiger partial charge >= 0.3 is 0 Å². The fourth-order valence-corrected chi connectivity index (χ4v) is 3.07. The second kappa shape index (κ2) is 7.48. The number of hydrogen-bond acceptors (Lipinski definition) is 6. The van der Waals surface area contributed by atoms with E-state index in [-0.39, 0.29) is 5.56 Å². The highest BCUT2D eigenvalue weighted by atomic mass is 19.1. The molecule has 1 aromatic carbocycles. The average Bonchev–Trinajstić information content (AvgIpc) is 3.17. The third-order valence-electron chi connectivity index (χ3n) is 4.49. The minimum Gasteiger partial charge on any atom is -0.481 e. The van der Waals surface area contributed by atoms with Gasteiger partial charge in [0.05, 0.1) is 24.9 Å². The molecule has 8 heteroatoms. The van der Waals surface area contributed by atoms with Gasteiger partial charge in [0.25, 0.3) is 5.91 Å². The second-order valence-electron chi connectivity index (χ2n) is 6.21. The molecule has 1 amide bonds. The molecule has 1 aliphatic rings. The number of aromatic nitrogens is 2. The van der Waals surface area contributed by atoms with Crippen LogP contribution in [0.5, 0.6) is 5.88 Å². The van der Waals surface area contributed by atoms with Gasteiger partial charge in [-0.3, -0.25) is 9.79 Å². The van der Waals surface area contributed by atoms with Crippen LogP contribution in [-0.2, 0) is 6.54 Å². The number of amides is 1. The van der Waals surface area contributed by atoms with E-state index in [9.17, 15) is 9.18 Å². The predicted octanol–water partition coefficient (Wildman–Crippen LogP) is 3.10. The summed E-state index contributed by atoms with van der Waals surface area (Å²) in [5.41, 5.74) is 3.30. The van der Waals surface area contributed by atoms with Crippen molar-refractivity contribution in [1.82, 2.24) is 9.97 Å². The van der Waals surface area contributed by atoms with Crippen LogP contribution in [-0.4, -0.2) is 28.7 Å². The zero-order valence-electron chi connectivity index (χ0n) is 15.3. The first-order valence-corrected chi connectivity index (χ1v) is 8.65. The number of nitrogens with zero attached hydrogens (tertiary/aromatic N) is 4. The summed E-state index contributed by atoms with van der Waals surface area (Å²) in [6.07, 6.45) is 2.86. The SMILES string of the molecule is COc1cc(C2=NCc3ccc(NC(=O)c4ccnc(C#N)c4F)cc32)ccn1. The lowest BCUT2D eigenvalue weighted by molar-refractivity contribution is 0.102. The minimum absolute atomic E-state index is 0.246. The molecule has 1 N–H and O–H groups in total. The molecule has 7 nitrogen and oxygen atoms in total. The molecule has 4 rings (SSSR count). The molecule has 3 aromatic rings. The normalized spacial score (nSPS) is 12.0. The molecule has 0 saturated carbocycles. The Bertz CT molecular complexity index is 1200. The summed E-state index contributed by atoms with van der Waals surface area (Å²) in [6.45, 7) is 0.522. The second-order valence-corrected chi connectivity index (χ2v) is 6.21. The molecule has 142 valence electrons. The summed E-state index contributed by atoms with van der Waals surface area (Å²) in [7, 11) is 1.54. The molecule has 3 heterocycles. The highest BCUT2D eigenvalue weighted by molar-refractivity contribution is 6.16. The van der Waals surface area contributed by atoms with Crippen LogP contribution in [0.3, 0.4) is 0 Å². The van der Waals surface area contributed by atoms with Crippen molar-refractivity contribution in [2.75, 3.05) is 12.4 Å². The Morgan fingerprint density at radius 2 is 2.03 bits per heavy atom. The van der Waals surface area contributed by atoms with Crippen LogP contribution in [0, 0.1) is 17.1 Å². The van der Waals surface area contributed by atoms with Crippen molar-refractivity contribution in [3.05, 3.63) is 82.6 Å². The lowest BCUT2D eigenvalue weighted by atomic mass is 10.00. The molecule has 0 aliphatic carbocycles. The first-order valence-electron chi connectivity index (χ1n) is 8.65. The predicted molar refractivity (Wildman–Crippen MR) is 103 cm³/mol. The minimum atomic E-state index is -0.945. The molecule has 0 unspecified atom stereocenters. The number of aliphatic imine (C=N–C) groups is 1. The van der Waals surface area contributed by atoms with Crippen LogP contribution < -0.4 is 10.1 Å². The number of rotatable bonds is 4. The molecular formula is C21H14FN5O2. The summed E-state index contributed by atoms with van der Waals surface area (Å²) < 4.78 is 19.4. The zero-order valence-corrected chi connectivity index (χ0v) is 15.3. The van der Waals surface area contributed by atoms with Crippen LogP contribution in [0.15, 0.2) is 53.8 Å². The molecular weight excluding hydrogens is 373 g/mol. The lowest BCUT2D eigenvalue weighted by Gasteiger charge is -2.10. The van der Waals surface area contributed by atoms with Crippen molar-refractivity contribution in [3.63, 3.8) is 0 Å². The molecule has 2 aromatic heterocycles. The first-order chi connectivity index (χ1) is 14.1. The van der Waals surface area contributed by atoms with Gasteiger partial charge < -0.3 is 10.1 Å². The maximum Gasteiger partial charge on any atom is 0.258 e. The summed E-state index contributed by atoms with van der Waals surface area (Å²) >= 11 is 0. The monoisotopic (exact) mass is 387 g/mol. The first kappa shape index (κ1) is 18.3. The van der Waals surface area contributed by atoms with E-state index >= 15 is 0 Å². The van der Waals surface area contributed by atoms with Crippen LogP contribution >= 0.6 is 0 Å². The van der Waals surface area contributed by atoms with E-state index in [1.165, 1.54) is 12.3 Å². The van der Waals surface area contributed by atoms with E-state index in [2.05, 4.69) is 20.3 Å². The van der Waals surface area contributed by atoms with Gasteiger partial charge in [0.1, 0.15) is 6.07 Å². The van der Waals surface area contributed by atoms with Gasteiger partial charge in [0.15, 0.2) is 11.5 Å². The average molecular weight is 387 g/mol. The number of carbonyl (C=O) groups is 1. The van der Waals surface area contributed by atoms with Gasteiger partial charge in [0, 0.05) is 35.3 Å². The summed E-state index contributed by atoms with van der Waals surface area (Å²) in [5.74, 6) is -1.13. The van der Waals surface area contributed by atoms with E-state index < -0.39 is 17.4 Å². The zero-order chi connectivity index (χ0) is 20.4. The van der Waals surface area contributed by atoms with Gasteiger partial charge in [-0.2, -0.15) is 5.26 Å². The number of nitriles is 1. The maximum absolute atomic E-state index is 14.2. The number of benzene rings is 1. The van der Waals surface area contributed by atoms with Crippen LogP contribution in [0.25, 0.3) is 0 Å². The highest BCUT2D eigenvalue weighted by Gasteiger charge is 2.20. The van der Waals surface area contributed by atoms with Crippen molar-refractivity contribution >= 4 is 17.3 Å². The number of fused-ring (bicyclic) bond motifs is 1. The van der Waals surface area contributed by atoms with Gasteiger partial charge in [-0.15, -0.1) is 0 Å². The van der Waals surface area contributed by atoms with Crippen LogP contribution in [0.4, 0.5) is 10.1 Å². The molecule has 0 radical (unpaired) electrons. The molecule has 0 fully saturated rings. The van der Waals surface area contributed by atoms with Gasteiger partial charge in [-0.1, -0.05) is 6.07 Å². The molecule has 29 heavy (non-hydrogen) atoms. The molecule has 1 aliphatic heterocycles. The largest absolute Gasteiger partial charge is 0.481 e. The Morgan fingerprint density at radius 1 is 1.21 bits per heavy atom. The molecule has 0 atom stereocenters. The standard InChI is InChI=1S/C21H14FN5O2/c1-29-18-8-12(4-6-25-18)20-16-9-14(3-2-13(16)11-26-20)27-21(28)15-5-7-24-17(10-23)19(15)22/h2-9H,11H2,1H3,(H,27,28). The Balaban J connectivity index is 1.63. The van der Waals surface area contributed by atoms with E-state index in [0.717, 1.165) is 22.4 Å². The Hall–Kier alpha value is -4.12. The third kappa shape index (κ3) is 3.41. The Labute approximate surface area is 165 Å². The smallest absolute Gasteiger partial charge is 0.258 e.